The first-order valence-corrected chi connectivity index (χ1v) is 7.45. The summed E-state index contributed by atoms with van der Waals surface area (Å²) < 4.78 is 0. The van der Waals surface area contributed by atoms with E-state index in [9.17, 15) is 0 Å². The summed E-state index contributed by atoms with van der Waals surface area (Å²) in [5.41, 5.74) is 6.90. The van der Waals surface area contributed by atoms with Gasteiger partial charge in [0.25, 0.3) is 0 Å². The van der Waals surface area contributed by atoms with Crippen molar-refractivity contribution >= 4 is 0 Å². The summed E-state index contributed by atoms with van der Waals surface area (Å²) in [4.78, 5) is 2.66. The van der Waals surface area contributed by atoms with Crippen LogP contribution in [0, 0.1) is 10.8 Å². The highest BCUT2D eigenvalue weighted by atomic mass is 15.2. The van der Waals surface area contributed by atoms with Gasteiger partial charge >= 0.3 is 0 Å². The van der Waals surface area contributed by atoms with Crippen LogP contribution in [0.15, 0.2) is 0 Å². The molecule has 0 aromatic rings. The van der Waals surface area contributed by atoms with E-state index in [4.69, 9.17) is 5.73 Å². The monoisotopic (exact) mass is 240 g/mol. The molecule has 0 amide bonds. The normalized spacial score (nSPS) is 23.8. The standard InChI is InChI=1S/C15H32N2/c1-5-8-14(4,11-16)12-17-10-9-15(6-2,7-3)13-17/h5-13,16H2,1-4H3. The Labute approximate surface area is 108 Å². The van der Waals surface area contributed by atoms with Crippen LogP contribution >= 0.6 is 0 Å². The minimum atomic E-state index is 0.326. The average Bonchev–Trinajstić information content (AvgIpc) is 2.73. The Hall–Kier alpha value is -0.0800. The summed E-state index contributed by atoms with van der Waals surface area (Å²) >= 11 is 0. The number of nitrogens with two attached hydrogens (primary N) is 1. The van der Waals surface area contributed by atoms with Crippen LogP contribution in [0.4, 0.5) is 0 Å². The molecule has 2 nitrogen and oxygen atoms in total. The molecule has 0 spiro atoms. The van der Waals surface area contributed by atoms with E-state index in [1.165, 1.54) is 51.7 Å². The maximum atomic E-state index is 5.98. The van der Waals surface area contributed by atoms with Crippen molar-refractivity contribution in [1.29, 1.82) is 0 Å². The Balaban J connectivity index is 2.54. The van der Waals surface area contributed by atoms with Crippen molar-refractivity contribution < 1.29 is 0 Å². The van der Waals surface area contributed by atoms with Gasteiger partial charge < -0.3 is 10.6 Å². The Morgan fingerprint density at radius 1 is 1.24 bits per heavy atom. The van der Waals surface area contributed by atoms with E-state index in [1.807, 2.05) is 0 Å². The van der Waals surface area contributed by atoms with Gasteiger partial charge in [0.15, 0.2) is 0 Å². The van der Waals surface area contributed by atoms with Crippen molar-refractivity contribution in [2.45, 2.75) is 59.8 Å². The van der Waals surface area contributed by atoms with E-state index >= 15 is 0 Å². The Morgan fingerprint density at radius 3 is 2.29 bits per heavy atom. The minimum Gasteiger partial charge on any atom is -0.330 e. The van der Waals surface area contributed by atoms with Gasteiger partial charge in [-0.05, 0) is 49.6 Å². The zero-order valence-corrected chi connectivity index (χ0v) is 12.4. The molecule has 1 atom stereocenters. The fourth-order valence-electron chi connectivity index (χ4n) is 3.38. The lowest BCUT2D eigenvalue weighted by Crippen LogP contribution is -2.40. The first kappa shape index (κ1) is 15.0. The largest absolute Gasteiger partial charge is 0.330 e. The molecule has 0 saturated carbocycles. The van der Waals surface area contributed by atoms with Crippen LogP contribution in [0.1, 0.15) is 59.8 Å². The molecule has 17 heavy (non-hydrogen) atoms. The zero-order valence-electron chi connectivity index (χ0n) is 12.4. The van der Waals surface area contributed by atoms with Crippen molar-refractivity contribution in [3.63, 3.8) is 0 Å². The lowest BCUT2D eigenvalue weighted by atomic mass is 9.81. The van der Waals surface area contributed by atoms with Crippen molar-refractivity contribution in [1.82, 2.24) is 4.90 Å². The topological polar surface area (TPSA) is 29.3 Å². The molecule has 1 fully saturated rings. The SMILES string of the molecule is CCCC(C)(CN)CN1CCC(CC)(CC)C1. The lowest BCUT2D eigenvalue weighted by molar-refractivity contribution is 0.161. The summed E-state index contributed by atoms with van der Waals surface area (Å²) in [6.45, 7) is 13.9. The maximum Gasteiger partial charge on any atom is 0.00476 e. The number of hydrogen-bond donors (Lipinski definition) is 1. The van der Waals surface area contributed by atoms with Crippen molar-refractivity contribution in [3.05, 3.63) is 0 Å². The second-order valence-electron chi connectivity index (χ2n) is 6.43. The summed E-state index contributed by atoms with van der Waals surface area (Å²) in [7, 11) is 0. The van der Waals surface area contributed by atoms with Crippen LogP contribution < -0.4 is 5.73 Å². The summed E-state index contributed by atoms with van der Waals surface area (Å²) in [5.74, 6) is 0. The molecule has 0 radical (unpaired) electrons. The maximum absolute atomic E-state index is 5.98. The number of rotatable bonds is 7. The van der Waals surface area contributed by atoms with Crippen LogP contribution in [0.25, 0.3) is 0 Å². The van der Waals surface area contributed by atoms with Crippen LogP contribution in [0.2, 0.25) is 0 Å². The molecule has 1 heterocycles. The number of nitrogens with zero attached hydrogens (tertiary/aromatic N) is 1. The second-order valence-corrected chi connectivity index (χ2v) is 6.43. The average molecular weight is 240 g/mol. The van der Waals surface area contributed by atoms with E-state index in [0.717, 1.165) is 6.54 Å². The van der Waals surface area contributed by atoms with E-state index in [0.29, 0.717) is 10.8 Å². The Morgan fingerprint density at radius 2 is 1.88 bits per heavy atom. The summed E-state index contributed by atoms with van der Waals surface area (Å²) in [6.07, 6.45) is 6.53. The van der Waals surface area contributed by atoms with Gasteiger partial charge in [-0.2, -0.15) is 0 Å². The van der Waals surface area contributed by atoms with E-state index < -0.39 is 0 Å². The molecule has 0 aliphatic carbocycles. The highest BCUT2D eigenvalue weighted by Gasteiger charge is 2.37. The van der Waals surface area contributed by atoms with E-state index in [1.54, 1.807) is 0 Å². The minimum absolute atomic E-state index is 0.326. The fourth-order valence-corrected chi connectivity index (χ4v) is 3.38. The number of likely N-dealkylation sites (tertiary alicyclic amines) is 1. The van der Waals surface area contributed by atoms with Crippen molar-refractivity contribution in [2.75, 3.05) is 26.2 Å². The predicted molar refractivity (Wildman–Crippen MR) is 76.1 cm³/mol. The molecule has 1 aliphatic heterocycles. The predicted octanol–water partition coefficient (Wildman–Crippen LogP) is 3.26. The van der Waals surface area contributed by atoms with Crippen molar-refractivity contribution in [2.24, 2.45) is 16.6 Å². The molecule has 102 valence electrons. The molecule has 0 aromatic carbocycles. The Kier molecular flexibility index (Phi) is 5.46. The third-order valence-corrected chi connectivity index (χ3v) is 4.97. The van der Waals surface area contributed by atoms with Crippen LogP contribution in [-0.2, 0) is 0 Å². The van der Waals surface area contributed by atoms with Gasteiger partial charge in [0, 0.05) is 13.1 Å². The lowest BCUT2D eigenvalue weighted by Gasteiger charge is -2.34. The third kappa shape index (κ3) is 3.69. The van der Waals surface area contributed by atoms with Crippen LogP contribution in [-0.4, -0.2) is 31.1 Å². The fraction of sp³-hybridized carbons (Fsp3) is 1.00. The van der Waals surface area contributed by atoms with Gasteiger partial charge in [-0.15, -0.1) is 0 Å². The Bertz CT molecular complexity index is 223. The van der Waals surface area contributed by atoms with Crippen LogP contribution in [0.5, 0.6) is 0 Å². The van der Waals surface area contributed by atoms with Crippen molar-refractivity contribution in [3.8, 4) is 0 Å². The molecule has 1 rings (SSSR count). The third-order valence-electron chi connectivity index (χ3n) is 4.97. The molecule has 2 N–H and O–H groups in total. The molecule has 0 aromatic heterocycles. The molecule has 2 heteroatoms. The van der Waals surface area contributed by atoms with E-state index in [-0.39, 0.29) is 0 Å². The quantitative estimate of drug-likeness (QED) is 0.740. The van der Waals surface area contributed by atoms with Gasteiger partial charge in [-0.25, -0.2) is 0 Å². The first-order valence-electron chi connectivity index (χ1n) is 7.45. The molecule has 1 saturated heterocycles. The smallest absolute Gasteiger partial charge is 0.00476 e. The van der Waals surface area contributed by atoms with Crippen LogP contribution in [0.3, 0.4) is 0 Å². The molecular weight excluding hydrogens is 208 g/mol. The summed E-state index contributed by atoms with van der Waals surface area (Å²) in [6, 6.07) is 0. The van der Waals surface area contributed by atoms with Gasteiger partial charge in [-0.3, -0.25) is 0 Å². The zero-order chi connectivity index (χ0) is 12.9. The molecule has 1 aliphatic rings. The molecule has 0 bridgehead atoms. The van der Waals surface area contributed by atoms with Gasteiger partial charge in [-0.1, -0.05) is 34.1 Å². The van der Waals surface area contributed by atoms with Gasteiger partial charge in [0.05, 0.1) is 0 Å². The highest BCUT2D eigenvalue weighted by molar-refractivity contribution is 4.90. The summed E-state index contributed by atoms with van der Waals surface area (Å²) in [5, 5.41) is 0. The molecule has 1 unspecified atom stereocenters. The van der Waals surface area contributed by atoms with Gasteiger partial charge in [0.2, 0.25) is 0 Å². The van der Waals surface area contributed by atoms with Gasteiger partial charge in [0.1, 0.15) is 0 Å². The second kappa shape index (κ2) is 6.19. The highest BCUT2D eigenvalue weighted by Crippen LogP contribution is 2.38. The first-order chi connectivity index (χ1) is 8.03. The number of hydrogen-bond acceptors (Lipinski definition) is 2. The van der Waals surface area contributed by atoms with E-state index in [2.05, 4.69) is 32.6 Å². The molecular formula is C15H32N2.